The topological polar surface area (TPSA) is 37.3 Å². The smallest absolute Gasteiger partial charge is 0.132 e. The van der Waals surface area contributed by atoms with Crippen molar-refractivity contribution in [3.05, 3.63) is 0 Å². The zero-order chi connectivity index (χ0) is 19.8. The third-order valence-corrected chi connectivity index (χ3v) is 3.79. The van der Waals surface area contributed by atoms with Crippen LogP contribution in [-0.2, 0) is 4.79 Å². The minimum absolute atomic E-state index is 0.381. The van der Waals surface area contributed by atoms with Crippen LogP contribution in [0.3, 0.4) is 0 Å². The molecule has 0 aliphatic heterocycles. The third-order valence-electron chi connectivity index (χ3n) is 3.79. The summed E-state index contributed by atoms with van der Waals surface area (Å²) in [6.45, 7) is 16.7. The highest BCUT2D eigenvalue weighted by atomic mass is 19.1. The molecule has 1 rings (SSSR count). The number of ketones is 1. The molecule has 0 saturated heterocycles. The van der Waals surface area contributed by atoms with Crippen LogP contribution in [0.1, 0.15) is 100 Å². The van der Waals surface area contributed by atoms with Gasteiger partial charge in [-0.15, -0.1) is 0 Å². The van der Waals surface area contributed by atoms with Gasteiger partial charge in [-0.1, -0.05) is 61.3 Å². The fraction of sp³-hybridized carbons (Fsp3) is 0.952. The number of Topliss-reactive ketones (excluding diaryl/α,β-unsaturated/α-hetero) is 1. The van der Waals surface area contributed by atoms with E-state index in [0.29, 0.717) is 29.5 Å². The maximum absolute atomic E-state index is 12.6. The Morgan fingerprint density at radius 2 is 1.50 bits per heavy atom. The van der Waals surface area contributed by atoms with Gasteiger partial charge in [0.25, 0.3) is 0 Å². The Labute approximate surface area is 151 Å². The number of rotatable bonds is 6. The van der Waals surface area contributed by atoms with E-state index < -0.39 is 6.17 Å². The molecule has 148 valence electrons. The predicted molar refractivity (Wildman–Crippen MR) is 105 cm³/mol. The molecule has 0 aromatic rings. The lowest BCUT2D eigenvalue weighted by atomic mass is 9.83. The maximum Gasteiger partial charge on any atom is 0.132 e. The molecule has 1 aliphatic carbocycles. The third kappa shape index (κ3) is 26.5. The number of alkyl halides is 1. The van der Waals surface area contributed by atoms with E-state index in [1.165, 1.54) is 12.8 Å². The molecule has 2 atom stereocenters. The second-order valence-electron chi connectivity index (χ2n) is 8.33. The summed E-state index contributed by atoms with van der Waals surface area (Å²) in [7, 11) is 1.00. The van der Waals surface area contributed by atoms with Crippen molar-refractivity contribution in [2.75, 3.05) is 7.11 Å². The molecular formula is C21H45FO2. The van der Waals surface area contributed by atoms with E-state index >= 15 is 0 Å². The number of carbonyl (C=O) groups excluding carboxylic acids is 1. The number of aliphatic hydroxyl groups is 1. The second kappa shape index (κ2) is 17.4. The van der Waals surface area contributed by atoms with E-state index in [1.54, 1.807) is 6.92 Å². The van der Waals surface area contributed by atoms with Crippen LogP contribution in [-0.4, -0.2) is 24.2 Å². The standard InChI is InChI=1S/C9H19F.C6H10O.C5H12.CH4O/c1-4-8(3)6-7-9(10)5-2;1-5(7)6-3-2-4-6;1-5(2,3)4;1-2/h8-9H,4-7H2,1-3H3;6H,2-4H2,1H3;1-4H3;2H,1H3/t8-,9?;;;/m1.../s1. The number of hydrogen-bond donors (Lipinski definition) is 1. The highest BCUT2D eigenvalue weighted by Crippen LogP contribution is 2.26. The van der Waals surface area contributed by atoms with Crippen LogP contribution in [0.5, 0.6) is 0 Å². The summed E-state index contributed by atoms with van der Waals surface area (Å²) in [5.74, 6) is 1.52. The van der Waals surface area contributed by atoms with Crippen molar-refractivity contribution < 1.29 is 14.3 Å². The first-order chi connectivity index (χ1) is 11.0. The van der Waals surface area contributed by atoms with Crippen LogP contribution in [0.25, 0.3) is 0 Å². The normalized spacial score (nSPS) is 16.0. The molecule has 1 fully saturated rings. The summed E-state index contributed by atoms with van der Waals surface area (Å²) in [5.41, 5.74) is 0.500. The summed E-state index contributed by atoms with van der Waals surface area (Å²) in [5, 5.41) is 7.00. The molecule has 0 radical (unpaired) electrons. The maximum atomic E-state index is 12.6. The van der Waals surface area contributed by atoms with Gasteiger partial charge in [0.05, 0.1) is 6.17 Å². The molecule has 1 N–H and O–H groups in total. The molecule has 24 heavy (non-hydrogen) atoms. The molecule has 1 aliphatic rings. The molecule has 0 bridgehead atoms. The molecule has 1 unspecified atom stereocenters. The zero-order valence-corrected chi connectivity index (χ0v) is 17.9. The lowest BCUT2D eigenvalue weighted by molar-refractivity contribution is -0.122. The van der Waals surface area contributed by atoms with Crippen molar-refractivity contribution in [2.24, 2.45) is 17.3 Å². The second-order valence-corrected chi connectivity index (χ2v) is 8.33. The Balaban J connectivity index is -0.000000275. The molecule has 0 amide bonds. The monoisotopic (exact) mass is 348 g/mol. The van der Waals surface area contributed by atoms with Gasteiger partial charge in [-0.2, -0.15) is 0 Å². The first-order valence-corrected chi connectivity index (χ1v) is 9.60. The highest BCUT2D eigenvalue weighted by molar-refractivity contribution is 5.78. The Hall–Kier alpha value is -0.440. The van der Waals surface area contributed by atoms with Gasteiger partial charge in [0.1, 0.15) is 5.78 Å². The van der Waals surface area contributed by atoms with E-state index in [0.717, 1.165) is 32.8 Å². The SMILES string of the molecule is CC(=O)C1CCC1.CC(C)(C)C.CCC(F)CC[C@H](C)CC.CO. The van der Waals surface area contributed by atoms with Crippen molar-refractivity contribution in [3.63, 3.8) is 0 Å². The van der Waals surface area contributed by atoms with Gasteiger partial charge in [-0.3, -0.25) is 4.79 Å². The number of hydrogen-bond acceptors (Lipinski definition) is 2. The Morgan fingerprint density at radius 1 is 1.08 bits per heavy atom. The van der Waals surface area contributed by atoms with Crippen LogP contribution in [0.15, 0.2) is 0 Å². The summed E-state index contributed by atoms with van der Waals surface area (Å²) in [6, 6.07) is 0. The van der Waals surface area contributed by atoms with Crippen LogP contribution in [0.2, 0.25) is 0 Å². The van der Waals surface area contributed by atoms with Crippen molar-refractivity contribution in [1.29, 1.82) is 0 Å². The molecule has 0 aromatic carbocycles. The minimum atomic E-state index is -0.561. The molecule has 0 aromatic heterocycles. The summed E-state index contributed by atoms with van der Waals surface area (Å²) >= 11 is 0. The number of aliphatic hydroxyl groups excluding tert-OH is 1. The molecule has 0 spiro atoms. The quantitative estimate of drug-likeness (QED) is 0.587. The number of halogens is 1. The average molecular weight is 349 g/mol. The zero-order valence-electron chi connectivity index (χ0n) is 17.9. The Bertz CT molecular complexity index is 252. The molecular weight excluding hydrogens is 303 g/mol. The van der Waals surface area contributed by atoms with Crippen molar-refractivity contribution in [1.82, 2.24) is 0 Å². The van der Waals surface area contributed by atoms with E-state index in [4.69, 9.17) is 5.11 Å². The fourth-order valence-corrected chi connectivity index (χ4v) is 1.69. The Morgan fingerprint density at radius 3 is 1.67 bits per heavy atom. The van der Waals surface area contributed by atoms with Gasteiger partial charge in [-0.25, -0.2) is 4.39 Å². The predicted octanol–water partition coefficient (Wildman–Crippen LogP) is 6.60. The van der Waals surface area contributed by atoms with E-state index in [2.05, 4.69) is 41.5 Å². The summed E-state index contributed by atoms with van der Waals surface area (Å²) in [4.78, 5) is 10.4. The van der Waals surface area contributed by atoms with Crippen molar-refractivity contribution in [2.45, 2.75) is 107 Å². The van der Waals surface area contributed by atoms with E-state index in [-0.39, 0.29) is 0 Å². The molecule has 3 heteroatoms. The van der Waals surface area contributed by atoms with Gasteiger partial charge in [-0.05, 0) is 50.4 Å². The van der Waals surface area contributed by atoms with E-state index in [9.17, 15) is 9.18 Å². The molecule has 2 nitrogen and oxygen atoms in total. The summed E-state index contributed by atoms with van der Waals surface area (Å²) < 4.78 is 12.6. The van der Waals surface area contributed by atoms with Crippen LogP contribution >= 0.6 is 0 Å². The summed E-state index contributed by atoms with van der Waals surface area (Å²) in [6.07, 6.45) is 6.66. The highest BCUT2D eigenvalue weighted by Gasteiger charge is 2.20. The van der Waals surface area contributed by atoms with Crippen molar-refractivity contribution in [3.8, 4) is 0 Å². The lowest BCUT2D eigenvalue weighted by Gasteiger charge is -2.21. The fourth-order valence-electron chi connectivity index (χ4n) is 1.69. The Kier molecular flexibility index (Phi) is 20.5. The largest absolute Gasteiger partial charge is 0.400 e. The minimum Gasteiger partial charge on any atom is -0.400 e. The van der Waals surface area contributed by atoms with Crippen molar-refractivity contribution >= 4 is 5.78 Å². The molecule has 1 saturated carbocycles. The van der Waals surface area contributed by atoms with Gasteiger partial charge in [0.15, 0.2) is 0 Å². The first kappa shape index (κ1) is 28.4. The molecule has 0 heterocycles. The van der Waals surface area contributed by atoms with Crippen LogP contribution in [0, 0.1) is 17.3 Å². The van der Waals surface area contributed by atoms with Crippen LogP contribution < -0.4 is 0 Å². The van der Waals surface area contributed by atoms with Crippen LogP contribution in [0.4, 0.5) is 4.39 Å². The van der Waals surface area contributed by atoms with E-state index in [1.807, 2.05) is 6.92 Å². The van der Waals surface area contributed by atoms with Gasteiger partial charge < -0.3 is 5.11 Å². The van der Waals surface area contributed by atoms with Gasteiger partial charge >= 0.3 is 0 Å². The lowest BCUT2D eigenvalue weighted by Crippen LogP contribution is -2.18. The van der Waals surface area contributed by atoms with Gasteiger partial charge in [0, 0.05) is 13.0 Å². The first-order valence-electron chi connectivity index (χ1n) is 9.60. The van der Waals surface area contributed by atoms with Gasteiger partial charge in [0.2, 0.25) is 0 Å². The average Bonchev–Trinajstić information content (AvgIpc) is 2.43. The number of carbonyl (C=O) groups is 1.